The number of halogens is 2. The lowest BCUT2D eigenvalue weighted by atomic mass is 10.2. The molecule has 1 unspecified atom stereocenters. The van der Waals surface area contributed by atoms with Crippen LogP contribution in [0.4, 0.5) is 5.69 Å². The van der Waals surface area contributed by atoms with Crippen LogP contribution in [0.2, 0.25) is 0 Å². The van der Waals surface area contributed by atoms with Crippen LogP contribution in [0, 0.1) is 0 Å². The number of benzene rings is 1. The van der Waals surface area contributed by atoms with E-state index in [9.17, 15) is 4.79 Å². The second-order valence-electron chi connectivity index (χ2n) is 4.83. The number of carbonyl (C=O) groups is 1. The molecule has 0 aromatic heterocycles. The van der Waals surface area contributed by atoms with Crippen LogP contribution >= 0.6 is 31.9 Å². The Hall–Kier alpha value is -0.750. The van der Waals surface area contributed by atoms with Crippen molar-refractivity contribution in [1.29, 1.82) is 0 Å². The third-order valence-corrected chi connectivity index (χ3v) is 4.36. The first-order valence-corrected chi connectivity index (χ1v) is 8.65. The molecule has 6 heteroatoms. The van der Waals surface area contributed by atoms with Gasteiger partial charge in [-0.2, -0.15) is 0 Å². The molecule has 0 heterocycles. The van der Waals surface area contributed by atoms with Crippen molar-refractivity contribution in [2.24, 2.45) is 0 Å². The first-order valence-electron chi connectivity index (χ1n) is 7.06. The molecule has 1 rings (SSSR count). The van der Waals surface area contributed by atoms with E-state index in [2.05, 4.69) is 49.4 Å². The lowest BCUT2D eigenvalue weighted by Gasteiger charge is -2.17. The molecule has 0 bridgehead atoms. The van der Waals surface area contributed by atoms with Crippen molar-refractivity contribution in [3.05, 3.63) is 21.1 Å². The van der Waals surface area contributed by atoms with Crippen LogP contribution in [0.15, 0.2) is 21.1 Å². The number of hydrogen-bond acceptors (Lipinski definition) is 3. The van der Waals surface area contributed by atoms with Gasteiger partial charge >= 0.3 is 0 Å². The summed E-state index contributed by atoms with van der Waals surface area (Å²) in [7, 11) is 1.61. The molecular weight excluding hydrogens is 400 g/mol. The Morgan fingerprint density at radius 3 is 2.62 bits per heavy atom. The molecular formula is C15H22Br2N2O2. The van der Waals surface area contributed by atoms with E-state index in [1.807, 2.05) is 19.1 Å². The van der Waals surface area contributed by atoms with Crippen LogP contribution in [0.5, 0.6) is 5.75 Å². The average molecular weight is 422 g/mol. The van der Waals surface area contributed by atoms with Gasteiger partial charge in [0.2, 0.25) is 5.91 Å². The molecule has 21 heavy (non-hydrogen) atoms. The van der Waals surface area contributed by atoms with Crippen molar-refractivity contribution >= 4 is 43.5 Å². The van der Waals surface area contributed by atoms with Crippen LogP contribution < -0.4 is 15.4 Å². The fourth-order valence-electron chi connectivity index (χ4n) is 1.83. The van der Waals surface area contributed by atoms with Gasteiger partial charge in [0.25, 0.3) is 0 Å². The number of nitrogens with one attached hydrogen (secondary N) is 2. The van der Waals surface area contributed by atoms with Crippen molar-refractivity contribution < 1.29 is 9.53 Å². The lowest BCUT2D eigenvalue weighted by Crippen LogP contribution is -2.38. The van der Waals surface area contributed by atoms with E-state index < -0.39 is 0 Å². The molecule has 0 radical (unpaired) electrons. The largest absolute Gasteiger partial charge is 0.495 e. The second kappa shape index (κ2) is 9.30. The minimum Gasteiger partial charge on any atom is -0.495 e. The minimum absolute atomic E-state index is 0.000103. The number of methoxy groups -OCH3 is 1. The van der Waals surface area contributed by atoms with Crippen LogP contribution in [0.1, 0.15) is 33.1 Å². The first-order chi connectivity index (χ1) is 9.99. The minimum atomic E-state index is -0.311. The van der Waals surface area contributed by atoms with Crippen molar-refractivity contribution in [2.75, 3.05) is 19.0 Å². The third-order valence-electron chi connectivity index (χ3n) is 3.09. The molecule has 1 aromatic rings. The Balaban J connectivity index is 2.61. The van der Waals surface area contributed by atoms with E-state index in [4.69, 9.17) is 4.74 Å². The van der Waals surface area contributed by atoms with Gasteiger partial charge in [-0.05, 0) is 51.3 Å². The van der Waals surface area contributed by atoms with Gasteiger partial charge in [0.05, 0.1) is 17.3 Å². The predicted molar refractivity (Wildman–Crippen MR) is 94.0 cm³/mol. The van der Waals surface area contributed by atoms with Crippen LogP contribution in [0.3, 0.4) is 0 Å². The summed E-state index contributed by atoms with van der Waals surface area (Å²) in [6, 6.07) is 3.44. The summed E-state index contributed by atoms with van der Waals surface area (Å²) in [6.07, 6.45) is 3.30. The quantitative estimate of drug-likeness (QED) is 0.614. The van der Waals surface area contributed by atoms with Crippen molar-refractivity contribution in [3.63, 3.8) is 0 Å². The average Bonchev–Trinajstić information content (AvgIpc) is 2.46. The summed E-state index contributed by atoms with van der Waals surface area (Å²) in [5.74, 6) is 0.719. The van der Waals surface area contributed by atoms with E-state index in [1.165, 1.54) is 0 Å². The number of unbranched alkanes of at least 4 members (excludes halogenated alkanes) is 2. The van der Waals surface area contributed by atoms with Gasteiger partial charge in [-0.25, -0.2) is 0 Å². The number of amides is 1. The maximum Gasteiger partial charge on any atom is 0.242 e. The fourth-order valence-corrected chi connectivity index (χ4v) is 3.10. The number of carbonyl (C=O) groups excluding carboxylic acids is 1. The zero-order chi connectivity index (χ0) is 15.8. The standard InChI is InChI=1S/C15H22Br2N2O2/c1-4-5-6-7-18-15(20)10(2)19-13-9-14(21-3)12(17)8-11(13)16/h8-10,19H,4-7H2,1-3H3,(H,18,20). The molecule has 2 N–H and O–H groups in total. The van der Waals surface area contributed by atoms with Crippen LogP contribution in [-0.2, 0) is 4.79 Å². The monoisotopic (exact) mass is 420 g/mol. The molecule has 118 valence electrons. The molecule has 0 fully saturated rings. The van der Waals surface area contributed by atoms with Gasteiger partial charge in [-0.3, -0.25) is 4.79 Å². The maximum absolute atomic E-state index is 12.0. The Kier molecular flexibility index (Phi) is 8.11. The topological polar surface area (TPSA) is 50.4 Å². The highest BCUT2D eigenvalue weighted by molar-refractivity contribution is 9.11. The van der Waals surface area contributed by atoms with Crippen molar-refractivity contribution in [3.8, 4) is 5.75 Å². The normalized spacial score (nSPS) is 11.9. The van der Waals surface area contributed by atoms with Gasteiger partial charge < -0.3 is 15.4 Å². The SMILES string of the molecule is CCCCCNC(=O)C(C)Nc1cc(OC)c(Br)cc1Br. The summed E-state index contributed by atoms with van der Waals surface area (Å²) in [5.41, 5.74) is 0.825. The number of ether oxygens (including phenoxy) is 1. The van der Waals surface area contributed by atoms with Gasteiger partial charge in [-0.15, -0.1) is 0 Å². The highest BCUT2D eigenvalue weighted by Crippen LogP contribution is 2.34. The summed E-state index contributed by atoms with van der Waals surface area (Å²) in [5, 5.41) is 6.13. The molecule has 1 atom stereocenters. The van der Waals surface area contributed by atoms with Gasteiger partial charge in [0, 0.05) is 17.1 Å². The third kappa shape index (κ3) is 5.87. The Labute approximate surface area is 143 Å². The van der Waals surface area contributed by atoms with Crippen molar-refractivity contribution in [1.82, 2.24) is 5.32 Å². The van der Waals surface area contributed by atoms with Crippen LogP contribution in [0.25, 0.3) is 0 Å². The van der Waals surface area contributed by atoms with E-state index in [1.54, 1.807) is 7.11 Å². The zero-order valence-electron chi connectivity index (χ0n) is 12.6. The number of hydrogen-bond donors (Lipinski definition) is 2. The van der Waals surface area contributed by atoms with Gasteiger partial charge in [0.1, 0.15) is 11.8 Å². The molecule has 0 aliphatic carbocycles. The van der Waals surface area contributed by atoms with Gasteiger partial charge in [-0.1, -0.05) is 19.8 Å². The van der Waals surface area contributed by atoms with Crippen LogP contribution in [-0.4, -0.2) is 25.6 Å². The summed E-state index contributed by atoms with van der Waals surface area (Å²) in [4.78, 5) is 12.0. The molecule has 1 amide bonds. The highest BCUT2D eigenvalue weighted by Gasteiger charge is 2.15. The summed E-state index contributed by atoms with van der Waals surface area (Å²) in [6.45, 7) is 4.71. The smallest absolute Gasteiger partial charge is 0.242 e. The van der Waals surface area contributed by atoms with Gasteiger partial charge in [0.15, 0.2) is 0 Å². The van der Waals surface area contributed by atoms with E-state index in [0.29, 0.717) is 0 Å². The van der Waals surface area contributed by atoms with E-state index in [-0.39, 0.29) is 11.9 Å². The Bertz CT molecular complexity index is 481. The second-order valence-corrected chi connectivity index (χ2v) is 6.54. The lowest BCUT2D eigenvalue weighted by molar-refractivity contribution is -0.121. The predicted octanol–water partition coefficient (Wildman–Crippen LogP) is 4.33. The number of anilines is 1. The zero-order valence-corrected chi connectivity index (χ0v) is 15.8. The summed E-state index contributed by atoms with van der Waals surface area (Å²) < 4.78 is 7.00. The molecule has 0 aliphatic rings. The number of rotatable bonds is 8. The summed E-state index contributed by atoms with van der Waals surface area (Å²) >= 11 is 6.90. The Morgan fingerprint density at radius 1 is 1.29 bits per heavy atom. The molecule has 0 aliphatic heterocycles. The maximum atomic E-state index is 12.0. The Morgan fingerprint density at radius 2 is 2.00 bits per heavy atom. The molecule has 1 aromatic carbocycles. The van der Waals surface area contributed by atoms with E-state index >= 15 is 0 Å². The highest BCUT2D eigenvalue weighted by atomic mass is 79.9. The molecule has 0 saturated carbocycles. The first kappa shape index (κ1) is 18.3. The molecule has 0 saturated heterocycles. The molecule has 4 nitrogen and oxygen atoms in total. The van der Waals surface area contributed by atoms with Crippen molar-refractivity contribution in [2.45, 2.75) is 39.2 Å². The molecule has 0 spiro atoms. The fraction of sp³-hybridized carbons (Fsp3) is 0.533. The van der Waals surface area contributed by atoms with E-state index in [0.717, 1.165) is 46.2 Å².